The molecule has 0 aliphatic heterocycles. The monoisotopic (exact) mass is 441 g/mol. The van der Waals surface area contributed by atoms with E-state index in [0.29, 0.717) is 11.7 Å². The molecule has 0 radical (unpaired) electrons. The Labute approximate surface area is 187 Å². The number of thiocarbonyl (C=S) groups is 1. The Morgan fingerprint density at radius 3 is 2.29 bits per heavy atom. The van der Waals surface area contributed by atoms with Crippen molar-refractivity contribution in [1.29, 1.82) is 0 Å². The van der Waals surface area contributed by atoms with Crippen LogP contribution in [-0.2, 0) is 9.59 Å². The lowest BCUT2D eigenvalue weighted by molar-refractivity contribution is -0.123. The van der Waals surface area contributed by atoms with Gasteiger partial charge in [0.1, 0.15) is 11.5 Å². The minimum atomic E-state index is -0.434. The van der Waals surface area contributed by atoms with Gasteiger partial charge in [-0.15, -0.1) is 0 Å². The van der Waals surface area contributed by atoms with E-state index >= 15 is 0 Å². The average Bonchev–Trinajstić information content (AvgIpc) is 2.80. The highest BCUT2D eigenvalue weighted by atomic mass is 32.1. The molecule has 7 nitrogen and oxygen atoms in total. The van der Waals surface area contributed by atoms with Crippen molar-refractivity contribution in [2.75, 3.05) is 13.7 Å². The van der Waals surface area contributed by atoms with Crippen LogP contribution in [0.25, 0.3) is 6.08 Å². The molecule has 0 aliphatic carbocycles. The van der Waals surface area contributed by atoms with Gasteiger partial charge in [-0.2, -0.15) is 0 Å². The predicted octanol–water partition coefficient (Wildman–Crippen LogP) is 3.32. The quantitative estimate of drug-likeness (QED) is 0.331. The van der Waals surface area contributed by atoms with E-state index in [1.54, 1.807) is 25.3 Å². The van der Waals surface area contributed by atoms with E-state index in [-0.39, 0.29) is 11.7 Å². The molecule has 2 amide bonds. The van der Waals surface area contributed by atoms with Crippen LogP contribution in [0.3, 0.4) is 0 Å². The van der Waals surface area contributed by atoms with Crippen LogP contribution in [0.4, 0.5) is 0 Å². The molecule has 1 atom stereocenters. The molecule has 8 heteroatoms. The number of carbonyl (C=O) groups is 2. The number of carbonyl (C=O) groups excluding carboxylic acids is 2. The summed E-state index contributed by atoms with van der Waals surface area (Å²) >= 11 is 4.99. The molecule has 164 valence electrons. The number of rotatable bonds is 8. The van der Waals surface area contributed by atoms with Crippen LogP contribution in [0, 0.1) is 0 Å². The molecule has 0 aromatic heterocycles. The summed E-state index contributed by atoms with van der Waals surface area (Å²) in [5.41, 5.74) is 6.90. The minimum absolute atomic E-state index is 0.0318. The van der Waals surface area contributed by atoms with Crippen molar-refractivity contribution < 1.29 is 19.1 Å². The molecule has 0 saturated carbocycles. The number of hydrazine groups is 1. The third-order valence-electron chi connectivity index (χ3n) is 4.53. The summed E-state index contributed by atoms with van der Waals surface area (Å²) in [6.07, 6.45) is 4.03. The van der Waals surface area contributed by atoms with E-state index in [2.05, 4.69) is 30.0 Å². The molecular weight excluding hydrogens is 414 g/mol. The lowest BCUT2D eigenvalue weighted by atomic mass is 9.99. The van der Waals surface area contributed by atoms with Gasteiger partial charge in [-0.05, 0) is 66.0 Å². The van der Waals surface area contributed by atoms with Gasteiger partial charge in [-0.1, -0.05) is 38.1 Å². The standard InChI is InChI=1S/C23H27N3O4S/c1-4-16(2)18-8-12-20(13-9-18)30-15-22(28)25-26-23(31)24-21(27)14-7-17-5-10-19(29-3)11-6-17/h5-14,16H,4,15H2,1-3H3,(H,25,28)(H2,24,26,27,31). The van der Waals surface area contributed by atoms with Crippen molar-refractivity contribution in [1.82, 2.24) is 16.2 Å². The highest BCUT2D eigenvalue weighted by Crippen LogP contribution is 2.21. The fourth-order valence-electron chi connectivity index (χ4n) is 2.51. The van der Waals surface area contributed by atoms with Gasteiger partial charge in [-0.3, -0.25) is 25.8 Å². The first kappa shape index (κ1) is 23.9. The Morgan fingerprint density at radius 2 is 1.68 bits per heavy atom. The number of nitrogens with one attached hydrogen (secondary N) is 3. The summed E-state index contributed by atoms with van der Waals surface area (Å²) < 4.78 is 10.5. The Kier molecular flexibility index (Phi) is 9.51. The lowest BCUT2D eigenvalue weighted by Gasteiger charge is -2.12. The van der Waals surface area contributed by atoms with E-state index in [9.17, 15) is 9.59 Å². The molecular formula is C23H27N3O4S. The average molecular weight is 442 g/mol. The van der Waals surface area contributed by atoms with Crippen LogP contribution in [0.5, 0.6) is 11.5 Å². The second-order valence-corrected chi connectivity index (χ2v) is 7.17. The van der Waals surface area contributed by atoms with Crippen LogP contribution in [0.2, 0.25) is 0 Å². The Hall–Kier alpha value is -3.39. The van der Waals surface area contributed by atoms with Crippen molar-refractivity contribution >= 4 is 35.2 Å². The highest BCUT2D eigenvalue weighted by molar-refractivity contribution is 7.80. The SMILES string of the molecule is CCC(C)c1ccc(OCC(=O)NNC(=S)NC(=O)C=Cc2ccc(OC)cc2)cc1. The van der Waals surface area contributed by atoms with E-state index in [1.807, 2.05) is 36.4 Å². The first-order chi connectivity index (χ1) is 14.9. The fourth-order valence-corrected chi connectivity index (χ4v) is 2.66. The summed E-state index contributed by atoms with van der Waals surface area (Å²) in [6, 6.07) is 14.9. The zero-order valence-corrected chi connectivity index (χ0v) is 18.6. The van der Waals surface area contributed by atoms with Crippen LogP contribution < -0.4 is 25.6 Å². The van der Waals surface area contributed by atoms with E-state index in [4.69, 9.17) is 21.7 Å². The maximum absolute atomic E-state index is 11.9. The zero-order valence-electron chi connectivity index (χ0n) is 17.8. The normalized spacial score (nSPS) is 11.5. The van der Waals surface area contributed by atoms with Gasteiger partial charge in [0.2, 0.25) is 5.91 Å². The zero-order chi connectivity index (χ0) is 22.6. The minimum Gasteiger partial charge on any atom is -0.497 e. The molecule has 0 aliphatic rings. The molecule has 0 bridgehead atoms. The summed E-state index contributed by atoms with van der Waals surface area (Å²) in [4.78, 5) is 23.8. The fraction of sp³-hybridized carbons (Fsp3) is 0.261. The summed E-state index contributed by atoms with van der Waals surface area (Å²) in [5.74, 6) is 0.942. The topological polar surface area (TPSA) is 88.7 Å². The lowest BCUT2D eigenvalue weighted by Crippen LogP contribution is -2.49. The Morgan fingerprint density at radius 1 is 1.03 bits per heavy atom. The smallest absolute Gasteiger partial charge is 0.276 e. The molecule has 1 unspecified atom stereocenters. The molecule has 2 aromatic rings. The van der Waals surface area contributed by atoms with Crippen LogP contribution in [0.15, 0.2) is 54.6 Å². The van der Waals surface area contributed by atoms with Gasteiger partial charge in [0.15, 0.2) is 11.7 Å². The van der Waals surface area contributed by atoms with E-state index < -0.39 is 11.8 Å². The molecule has 0 heterocycles. The Balaban J connectivity index is 1.69. The third-order valence-corrected chi connectivity index (χ3v) is 4.73. The van der Waals surface area contributed by atoms with Gasteiger partial charge in [0.05, 0.1) is 7.11 Å². The van der Waals surface area contributed by atoms with Crippen LogP contribution in [0.1, 0.15) is 37.3 Å². The molecule has 2 rings (SSSR count). The highest BCUT2D eigenvalue weighted by Gasteiger charge is 2.06. The van der Waals surface area contributed by atoms with Crippen molar-refractivity contribution in [2.24, 2.45) is 0 Å². The third kappa shape index (κ3) is 8.47. The summed E-state index contributed by atoms with van der Waals surface area (Å²) in [6.45, 7) is 4.10. The van der Waals surface area contributed by atoms with Crippen LogP contribution >= 0.6 is 12.2 Å². The predicted molar refractivity (Wildman–Crippen MR) is 125 cm³/mol. The van der Waals surface area contributed by atoms with Gasteiger partial charge in [0.25, 0.3) is 5.91 Å². The maximum Gasteiger partial charge on any atom is 0.276 e. The summed E-state index contributed by atoms with van der Waals surface area (Å²) in [7, 11) is 1.59. The van der Waals surface area contributed by atoms with Crippen LogP contribution in [-0.4, -0.2) is 30.6 Å². The Bertz CT molecular complexity index is 911. The maximum atomic E-state index is 11.9. The van der Waals surface area contributed by atoms with Crippen molar-refractivity contribution in [3.05, 3.63) is 65.7 Å². The van der Waals surface area contributed by atoms with Crippen molar-refractivity contribution in [2.45, 2.75) is 26.2 Å². The number of methoxy groups -OCH3 is 1. The molecule has 2 aromatic carbocycles. The first-order valence-electron chi connectivity index (χ1n) is 9.86. The largest absolute Gasteiger partial charge is 0.497 e. The number of amides is 2. The van der Waals surface area contributed by atoms with Crippen molar-refractivity contribution in [3.8, 4) is 11.5 Å². The second kappa shape index (κ2) is 12.3. The number of benzene rings is 2. The molecule has 0 fully saturated rings. The molecule has 0 spiro atoms. The molecule has 31 heavy (non-hydrogen) atoms. The first-order valence-corrected chi connectivity index (χ1v) is 10.3. The summed E-state index contributed by atoms with van der Waals surface area (Å²) in [5, 5.41) is 2.41. The molecule has 0 saturated heterocycles. The van der Waals surface area contributed by atoms with Crippen molar-refractivity contribution in [3.63, 3.8) is 0 Å². The number of hydrogen-bond donors (Lipinski definition) is 3. The molecule has 3 N–H and O–H groups in total. The second-order valence-electron chi connectivity index (χ2n) is 6.77. The van der Waals surface area contributed by atoms with Gasteiger partial charge in [-0.25, -0.2) is 0 Å². The van der Waals surface area contributed by atoms with E-state index in [0.717, 1.165) is 17.7 Å². The van der Waals surface area contributed by atoms with E-state index in [1.165, 1.54) is 11.6 Å². The number of ether oxygens (including phenoxy) is 2. The van der Waals surface area contributed by atoms with Gasteiger partial charge < -0.3 is 9.47 Å². The van der Waals surface area contributed by atoms with Gasteiger partial charge in [0, 0.05) is 6.08 Å². The number of hydrogen-bond acceptors (Lipinski definition) is 5. The van der Waals surface area contributed by atoms with Gasteiger partial charge >= 0.3 is 0 Å².